The molecule has 0 saturated heterocycles. The van der Waals surface area contributed by atoms with Crippen LogP contribution in [0.15, 0.2) is 23.2 Å². The molecule has 0 bridgehead atoms. The number of aliphatic imine (C=N–C) groups is 1. The van der Waals surface area contributed by atoms with Crippen LogP contribution < -0.4 is 10.6 Å². The van der Waals surface area contributed by atoms with Gasteiger partial charge in [-0.15, -0.1) is 24.0 Å². The fraction of sp³-hybridized carbons (Fsp3) is 0.588. The van der Waals surface area contributed by atoms with Gasteiger partial charge >= 0.3 is 0 Å². The van der Waals surface area contributed by atoms with E-state index in [1.54, 1.807) is 13.2 Å². The number of benzene rings is 1. The van der Waals surface area contributed by atoms with E-state index >= 15 is 0 Å². The van der Waals surface area contributed by atoms with E-state index in [0.29, 0.717) is 18.1 Å². The molecule has 0 saturated carbocycles. The van der Waals surface area contributed by atoms with Crippen molar-refractivity contribution >= 4 is 29.9 Å². The third kappa shape index (κ3) is 10.5. The Morgan fingerprint density at radius 1 is 1.32 bits per heavy atom. The minimum Gasteiger partial charge on any atom is -0.505 e. The first kappa shape index (κ1) is 23.9. The number of phenols is 1. The highest BCUT2D eigenvalue weighted by molar-refractivity contribution is 14.0. The van der Waals surface area contributed by atoms with Gasteiger partial charge in [-0.2, -0.15) is 0 Å². The first-order valence-electron chi connectivity index (χ1n) is 8.23. The Kier molecular flexibility index (Phi) is 13.4. The molecule has 3 N–H and O–H groups in total. The van der Waals surface area contributed by atoms with Crippen LogP contribution in [0.3, 0.4) is 0 Å². The molecule has 0 aromatic heterocycles. The highest BCUT2D eigenvalue weighted by Crippen LogP contribution is 2.16. The molecule has 1 aromatic carbocycles. The second-order valence-corrected chi connectivity index (χ2v) is 5.56. The molecule has 25 heavy (non-hydrogen) atoms. The van der Waals surface area contributed by atoms with Crippen molar-refractivity contribution in [3.63, 3.8) is 0 Å². The summed E-state index contributed by atoms with van der Waals surface area (Å²) in [4.78, 5) is 6.66. The normalized spacial score (nSPS) is 11.3. The molecule has 0 unspecified atom stereocenters. The summed E-state index contributed by atoms with van der Waals surface area (Å²) in [7, 11) is 3.78. The lowest BCUT2D eigenvalue weighted by atomic mass is 10.2. The summed E-state index contributed by atoms with van der Waals surface area (Å²) in [6, 6.07) is 4.30. The molecule has 8 heteroatoms. The number of methoxy groups -OCH3 is 1. The number of likely N-dealkylation sites (N-methyl/N-ethyl adjacent to an activating group) is 1. The van der Waals surface area contributed by atoms with Crippen molar-refractivity contribution in [2.75, 3.05) is 46.9 Å². The van der Waals surface area contributed by atoms with Crippen LogP contribution in [-0.2, 0) is 11.3 Å². The van der Waals surface area contributed by atoms with Gasteiger partial charge < -0.3 is 25.4 Å². The predicted molar refractivity (Wildman–Crippen MR) is 110 cm³/mol. The van der Waals surface area contributed by atoms with Crippen molar-refractivity contribution in [3.8, 4) is 5.75 Å². The van der Waals surface area contributed by atoms with Gasteiger partial charge in [-0.1, -0.05) is 6.07 Å². The third-order valence-corrected chi connectivity index (χ3v) is 3.45. The minimum absolute atomic E-state index is 0. The van der Waals surface area contributed by atoms with Crippen molar-refractivity contribution in [3.05, 3.63) is 29.6 Å². The molecular weight excluding hydrogens is 438 g/mol. The highest BCUT2D eigenvalue weighted by atomic mass is 127. The summed E-state index contributed by atoms with van der Waals surface area (Å²) in [5.41, 5.74) is 0.708. The zero-order valence-electron chi connectivity index (χ0n) is 15.2. The maximum absolute atomic E-state index is 13.3. The van der Waals surface area contributed by atoms with Gasteiger partial charge in [0.2, 0.25) is 0 Å². The number of hydrogen-bond acceptors (Lipinski definition) is 4. The number of ether oxygens (including phenoxy) is 1. The van der Waals surface area contributed by atoms with Gasteiger partial charge in [0.05, 0.1) is 6.54 Å². The van der Waals surface area contributed by atoms with Gasteiger partial charge in [0.15, 0.2) is 17.5 Å². The van der Waals surface area contributed by atoms with Gasteiger partial charge in [-0.25, -0.2) is 9.38 Å². The number of phenolic OH excluding ortho intramolecular Hbond substituents is 1. The summed E-state index contributed by atoms with van der Waals surface area (Å²) < 4.78 is 18.4. The number of nitrogens with zero attached hydrogens (tertiary/aromatic N) is 2. The van der Waals surface area contributed by atoms with Gasteiger partial charge in [0.25, 0.3) is 0 Å². The molecule has 144 valence electrons. The van der Waals surface area contributed by atoms with Crippen molar-refractivity contribution < 1.29 is 14.2 Å². The maximum atomic E-state index is 13.3. The second kappa shape index (κ2) is 14.1. The molecule has 0 aliphatic heterocycles. The Balaban J connectivity index is 0.00000576. The zero-order valence-corrected chi connectivity index (χ0v) is 17.5. The summed E-state index contributed by atoms with van der Waals surface area (Å²) in [6.45, 7) is 6.49. The average molecular weight is 468 g/mol. The standard InChI is InChI=1S/C17H29FN4O2.HI/c1-4-19-17(20-8-10-22(2)9-5-11-24-3)21-13-14-6-7-16(23)15(18)12-14;/h6-7,12,23H,4-5,8-11,13H2,1-3H3,(H2,19,20,21);1H. The molecule has 0 spiro atoms. The Morgan fingerprint density at radius 2 is 2.08 bits per heavy atom. The monoisotopic (exact) mass is 468 g/mol. The molecule has 1 rings (SSSR count). The van der Waals surface area contributed by atoms with Crippen molar-refractivity contribution in [1.82, 2.24) is 15.5 Å². The van der Waals surface area contributed by atoms with E-state index in [1.807, 2.05) is 6.92 Å². The van der Waals surface area contributed by atoms with Crippen LogP contribution in [0.2, 0.25) is 0 Å². The topological polar surface area (TPSA) is 69.1 Å². The smallest absolute Gasteiger partial charge is 0.191 e. The SMILES string of the molecule is CCNC(=NCc1ccc(O)c(F)c1)NCCN(C)CCCOC.I. The Hall–Kier alpha value is -1.13. The first-order chi connectivity index (χ1) is 11.6. The van der Waals surface area contributed by atoms with Crippen LogP contribution in [0, 0.1) is 5.82 Å². The fourth-order valence-corrected chi connectivity index (χ4v) is 2.12. The number of rotatable bonds is 10. The molecule has 0 aliphatic carbocycles. The van der Waals surface area contributed by atoms with E-state index in [2.05, 4.69) is 27.6 Å². The van der Waals surface area contributed by atoms with E-state index in [4.69, 9.17) is 4.74 Å². The maximum Gasteiger partial charge on any atom is 0.191 e. The molecular formula is C17H30FIN4O2. The molecule has 0 heterocycles. The van der Waals surface area contributed by atoms with E-state index in [0.717, 1.165) is 39.2 Å². The number of hydrogen-bond donors (Lipinski definition) is 3. The summed E-state index contributed by atoms with van der Waals surface area (Å²) in [6.07, 6.45) is 1.01. The van der Waals surface area contributed by atoms with E-state index in [-0.39, 0.29) is 29.7 Å². The molecule has 0 atom stereocenters. The fourth-order valence-electron chi connectivity index (χ4n) is 2.12. The predicted octanol–water partition coefficient (Wildman–Crippen LogP) is 2.17. The summed E-state index contributed by atoms with van der Waals surface area (Å²) >= 11 is 0. The van der Waals surface area contributed by atoms with Gasteiger partial charge in [0.1, 0.15) is 0 Å². The third-order valence-electron chi connectivity index (χ3n) is 3.45. The molecule has 1 aromatic rings. The first-order valence-corrected chi connectivity index (χ1v) is 8.23. The van der Waals surface area contributed by atoms with E-state index < -0.39 is 5.82 Å². The van der Waals surface area contributed by atoms with Crippen LogP contribution in [-0.4, -0.2) is 62.9 Å². The molecule has 6 nitrogen and oxygen atoms in total. The van der Waals surface area contributed by atoms with Crippen molar-refractivity contribution in [2.45, 2.75) is 19.9 Å². The lowest BCUT2D eigenvalue weighted by Crippen LogP contribution is -2.41. The Morgan fingerprint density at radius 3 is 2.72 bits per heavy atom. The lowest BCUT2D eigenvalue weighted by molar-refractivity contribution is 0.180. The van der Waals surface area contributed by atoms with Crippen molar-refractivity contribution in [2.24, 2.45) is 4.99 Å². The van der Waals surface area contributed by atoms with Gasteiger partial charge in [-0.05, 0) is 38.1 Å². The average Bonchev–Trinajstić information content (AvgIpc) is 2.56. The minimum atomic E-state index is -0.627. The quantitative estimate of drug-likeness (QED) is 0.213. The van der Waals surface area contributed by atoms with Crippen LogP contribution in [0.25, 0.3) is 0 Å². The summed E-state index contributed by atoms with van der Waals surface area (Å²) in [5, 5.41) is 15.6. The van der Waals surface area contributed by atoms with E-state index in [1.165, 1.54) is 12.1 Å². The van der Waals surface area contributed by atoms with E-state index in [9.17, 15) is 9.50 Å². The molecule has 0 radical (unpaired) electrons. The van der Waals surface area contributed by atoms with Gasteiger partial charge in [-0.3, -0.25) is 0 Å². The lowest BCUT2D eigenvalue weighted by Gasteiger charge is -2.18. The van der Waals surface area contributed by atoms with Crippen LogP contribution in [0.1, 0.15) is 18.9 Å². The van der Waals surface area contributed by atoms with Gasteiger partial charge in [0, 0.05) is 39.9 Å². The van der Waals surface area contributed by atoms with Crippen LogP contribution in [0.5, 0.6) is 5.75 Å². The largest absolute Gasteiger partial charge is 0.505 e. The van der Waals surface area contributed by atoms with Crippen molar-refractivity contribution in [1.29, 1.82) is 0 Å². The zero-order chi connectivity index (χ0) is 17.8. The number of nitrogens with one attached hydrogen (secondary N) is 2. The number of halogens is 2. The molecule has 0 aliphatic rings. The number of guanidine groups is 1. The van der Waals surface area contributed by atoms with Crippen LogP contribution in [0.4, 0.5) is 4.39 Å². The second-order valence-electron chi connectivity index (χ2n) is 5.56. The Labute approximate surface area is 166 Å². The number of aromatic hydroxyl groups is 1. The highest BCUT2D eigenvalue weighted by Gasteiger charge is 2.03. The molecule has 0 fully saturated rings. The molecule has 0 amide bonds. The summed E-state index contributed by atoms with van der Waals surface area (Å²) in [5.74, 6) is -0.279. The Bertz CT molecular complexity index is 517. The van der Waals surface area contributed by atoms with Crippen LogP contribution >= 0.6 is 24.0 Å².